The second kappa shape index (κ2) is 12.7. The van der Waals surface area contributed by atoms with Gasteiger partial charge in [0.15, 0.2) is 0 Å². The zero-order chi connectivity index (χ0) is 31.1. The van der Waals surface area contributed by atoms with Gasteiger partial charge in [-0.3, -0.25) is 19.2 Å². The van der Waals surface area contributed by atoms with Gasteiger partial charge in [0.1, 0.15) is 10.9 Å². The van der Waals surface area contributed by atoms with Gasteiger partial charge in [-0.15, -0.1) is 0 Å². The van der Waals surface area contributed by atoms with Crippen LogP contribution in [-0.4, -0.2) is 101 Å². The van der Waals surface area contributed by atoms with Crippen molar-refractivity contribution in [3.8, 4) is 0 Å². The van der Waals surface area contributed by atoms with E-state index in [2.05, 4.69) is 23.5 Å². The number of carbonyl (C=O) groups is 4. The lowest BCUT2D eigenvalue weighted by Gasteiger charge is -2.50. The Hall–Kier alpha value is -2.53. The molecule has 4 heterocycles. The molecule has 4 amide bonds. The van der Waals surface area contributed by atoms with Gasteiger partial charge in [-0.05, 0) is 74.4 Å². The summed E-state index contributed by atoms with van der Waals surface area (Å²) in [5.74, 6) is -0.315. The summed E-state index contributed by atoms with van der Waals surface area (Å²) in [5, 5.41) is 3.15. The highest BCUT2D eigenvalue weighted by Gasteiger charge is 2.62. The summed E-state index contributed by atoms with van der Waals surface area (Å²) >= 11 is 1.15. The highest BCUT2D eigenvalue weighted by Crippen LogP contribution is 2.54. The Labute approximate surface area is 265 Å². The maximum Gasteiger partial charge on any atom is 0.265 e. The summed E-state index contributed by atoms with van der Waals surface area (Å²) in [7, 11) is 0. The third-order valence-corrected chi connectivity index (χ3v) is 11.8. The standard InChI is InChI=1S/C33H49N5O5S/c1-22(43-18-23-10-6-4-7-11-23)27(31(42)36-14-8-5-9-15-36)35-28(39)25-17-37(30(41)26-12-13-34-44-26)19-33(25)20-38(21-33)29(40)24-16-32(24,2)3/h12-13,22-25,27H,4-11,14-21H2,1-3H3,(H,35,39)/t22-,24-,25+,27+/m1/s1. The molecule has 1 N–H and O–H groups in total. The first-order chi connectivity index (χ1) is 21.1. The molecule has 3 saturated heterocycles. The number of carbonyl (C=O) groups excluding carboxylic acids is 4. The molecule has 0 radical (unpaired) electrons. The molecule has 1 spiro atoms. The summed E-state index contributed by atoms with van der Waals surface area (Å²) < 4.78 is 10.4. The number of aromatic nitrogens is 1. The van der Waals surface area contributed by atoms with Crippen molar-refractivity contribution in [3.63, 3.8) is 0 Å². The van der Waals surface area contributed by atoms with Crippen molar-refractivity contribution in [2.24, 2.45) is 28.6 Å². The van der Waals surface area contributed by atoms with E-state index >= 15 is 0 Å². The number of ether oxygens (including phenoxy) is 1. The van der Waals surface area contributed by atoms with Gasteiger partial charge in [-0.2, -0.15) is 0 Å². The fourth-order valence-corrected chi connectivity index (χ4v) is 8.51. The first-order valence-electron chi connectivity index (χ1n) is 16.8. The van der Waals surface area contributed by atoms with Gasteiger partial charge in [0.25, 0.3) is 5.91 Å². The van der Waals surface area contributed by atoms with Crippen molar-refractivity contribution >= 4 is 35.2 Å². The molecule has 1 aromatic heterocycles. The molecule has 5 fully saturated rings. The van der Waals surface area contributed by atoms with Gasteiger partial charge >= 0.3 is 0 Å². The smallest absolute Gasteiger partial charge is 0.265 e. The molecule has 0 bridgehead atoms. The van der Waals surface area contributed by atoms with Crippen LogP contribution in [0.4, 0.5) is 0 Å². The molecule has 5 aliphatic rings. The Balaban J connectivity index is 1.18. The van der Waals surface area contributed by atoms with E-state index < -0.39 is 23.5 Å². The number of rotatable bonds is 9. The van der Waals surface area contributed by atoms with Crippen molar-refractivity contribution in [2.75, 3.05) is 45.9 Å². The number of piperidine rings is 1. The number of amides is 4. The molecule has 11 heteroatoms. The van der Waals surface area contributed by atoms with Crippen LogP contribution in [0.25, 0.3) is 0 Å². The van der Waals surface area contributed by atoms with Crippen LogP contribution in [0.1, 0.15) is 88.2 Å². The highest BCUT2D eigenvalue weighted by atomic mass is 32.1. The minimum Gasteiger partial charge on any atom is -0.376 e. The van der Waals surface area contributed by atoms with Crippen LogP contribution < -0.4 is 5.32 Å². The SMILES string of the molecule is C[C@@H](OCC1CCCCC1)[C@H](NC(=O)[C@@H]1CN(C(=O)c2ccns2)CC12CN(C(=O)[C@H]1CC1(C)C)C2)C(=O)N1CCCCC1. The lowest BCUT2D eigenvalue weighted by Crippen LogP contribution is -2.65. The number of hydrogen-bond acceptors (Lipinski definition) is 7. The summed E-state index contributed by atoms with van der Waals surface area (Å²) in [6, 6.07) is 0.912. The molecule has 6 rings (SSSR count). The Kier molecular flexibility index (Phi) is 9.08. The van der Waals surface area contributed by atoms with E-state index in [4.69, 9.17) is 4.74 Å². The maximum absolute atomic E-state index is 14.3. The number of nitrogens with one attached hydrogen (secondary N) is 1. The Morgan fingerprint density at radius 1 is 0.977 bits per heavy atom. The topological polar surface area (TPSA) is 112 Å². The van der Waals surface area contributed by atoms with Crippen LogP contribution in [0.2, 0.25) is 0 Å². The highest BCUT2D eigenvalue weighted by molar-refractivity contribution is 7.08. The first kappa shape index (κ1) is 31.5. The summed E-state index contributed by atoms with van der Waals surface area (Å²) in [6.07, 6.45) is 11.0. The van der Waals surface area contributed by atoms with Crippen LogP contribution in [0, 0.1) is 28.6 Å². The van der Waals surface area contributed by atoms with Gasteiger partial charge in [0, 0.05) is 63.4 Å². The monoisotopic (exact) mass is 627 g/mol. The van der Waals surface area contributed by atoms with Crippen molar-refractivity contribution < 1.29 is 23.9 Å². The second-order valence-electron chi connectivity index (χ2n) is 14.8. The zero-order valence-corrected chi connectivity index (χ0v) is 27.4. The van der Waals surface area contributed by atoms with E-state index in [0.717, 1.165) is 50.1 Å². The average molecular weight is 628 g/mol. The molecule has 4 atom stereocenters. The van der Waals surface area contributed by atoms with Gasteiger partial charge in [-0.25, -0.2) is 4.37 Å². The fraction of sp³-hybridized carbons (Fsp3) is 0.788. The Morgan fingerprint density at radius 3 is 2.27 bits per heavy atom. The third kappa shape index (κ3) is 6.41. The Morgan fingerprint density at radius 2 is 1.64 bits per heavy atom. The normalized spacial score (nSPS) is 27.5. The quantitative estimate of drug-likeness (QED) is 0.448. The number of nitrogens with zero attached hydrogens (tertiary/aromatic N) is 4. The molecule has 1 aromatic rings. The minimum atomic E-state index is -0.794. The first-order valence-corrected chi connectivity index (χ1v) is 17.5. The van der Waals surface area contributed by atoms with E-state index in [-0.39, 0.29) is 41.5 Å². The van der Waals surface area contributed by atoms with E-state index in [9.17, 15) is 19.2 Å². The molecule has 10 nitrogen and oxygen atoms in total. The van der Waals surface area contributed by atoms with Crippen molar-refractivity contribution in [1.82, 2.24) is 24.4 Å². The van der Waals surface area contributed by atoms with Crippen LogP contribution in [0.3, 0.4) is 0 Å². The second-order valence-corrected chi connectivity index (χ2v) is 15.7. The minimum absolute atomic E-state index is 0.0241. The van der Waals surface area contributed by atoms with Crippen molar-refractivity contribution in [1.29, 1.82) is 0 Å². The molecular weight excluding hydrogens is 578 g/mol. The predicted octanol–water partition coefficient (Wildman–Crippen LogP) is 3.57. The molecular formula is C33H49N5O5S. The van der Waals surface area contributed by atoms with Crippen LogP contribution >= 0.6 is 11.5 Å². The Bertz CT molecular complexity index is 1220. The number of hydrogen-bond donors (Lipinski definition) is 1. The maximum atomic E-state index is 14.3. The summed E-state index contributed by atoms with van der Waals surface area (Å²) in [5.41, 5.74) is -0.514. The van der Waals surface area contributed by atoms with E-state index in [1.54, 1.807) is 17.2 Å². The predicted molar refractivity (Wildman–Crippen MR) is 167 cm³/mol. The van der Waals surface area contributed by atoms with E-state index in [0.29, 0.717) is 50.1 Å². The van der Waals surface area contributed by atoms with Crippen LogP contribution in [0.15, 0.2) is 12.3 Å². The molecule has 2 aliphatic carbocycles. The van der Waals surface area contributed by atoms with E-state index in [1.807, 2.05) is 16.7 Å². The van der Waals surface area contributed by atoms with Crippen LogP contribution in [-0.2, 0) is 19.1 Å². The average Bonchev–Trinajstić information content (AvgIpc) is 3.38. The molecule has 3 aliphatic heterocycles. The fourth-order valence-electron chi connectivity index (χ4n) is 7.95. The van der Waals surface area contributed by atoms with Crippen LogP contribution in [0.5, 0.6) is 0 Å². The molecule has 2 saturated carbocycles. The molecule has 0 aromatic carbocycles. The van der Waals surface area contributed by atoms with Gasteiger partial charge < -0.3 is 24.8 Å². The summed E-state index contributed by atoms with van der Waals surface area (Å²) in [6.45, 7) is 9.66. The lowest BCUT2D eigenvalue weighted by molar-refractivity contribution is -0.153. The van der Waals surface area contributed by atoms with Crippen molar-refractivity contribution in [3.05, 3.63) is 17.1 Å². The van der Waals surface area contributed by atoms with E-state index in [1.165, 1.54) is 19.3 Å². The molecule has 0 unspecified atom stereocenters. The summed E-state index contributed by atoms with van der Waals surface area (Å²) in [4.78, 5) is 60.8. The number of likely N-dealkylation sites (tertiary alicyclic amines) is 3. The molecule has 44 heavy (non-hydrogen) atoms. The lowest BCUT2D eigenvalue weighted by atomic mass is 9.70. The third-order valence-electron chi connectivity index (χ3n) is 11.1. The molecule has 242 valence electrons. The zero-order valence-electron chi connectivity index (χ0n) is 26.6. The largest absolute Gasteiger partial charge is 0.376 e. The van der Waals surface area contributed by atoms with Crippen molar-refractivity contribution in [2.45, 2.75) is 90.7 Å². The van der Waals surface area contributed by atoms with Gasteiger partial charge in [0.2, 0.25) is 17.7 Å². The van der Waals surface area contributed by atoms with Gasteiger partial charge in [0.05, 0.1) is 12.0 Å². The van der Waals surface area contributed by atoms with Gasteiger partial charge in [-0.1, -0.05) is 33.1 Å².